The summed E-state index contributed by atoms with van der Waals surface area (Å²) in [5, 5.41) is 3.53. The summed E-state index contributed by atoms with van der Waals surface area (Å²) in [4.78, 5) is 31.7. The smallest absolute Gasteiger partial charge is 0.251 e. The number of fused-ring (bicyclic) bond motifs is 1. The molecule has 8 heteroatoms. The first-order valence-corrected chi connectivity index (χ1v) is 10.8. The van der Waals surface area contributed by atoms with Crippen molar-refractivity contribution in [2.75, 3.05) is 32.8 Å². The van der Waals surface area contributed by atoms with Gasteiger partial charge in [-0.25, -0.2) is 4.98 Å². The van der Waals surface area contributed by atoms with Gasteiger partial charge in [-0.1, -0.05) is 23.7 Å². The summed E-state index contributed by atoms with van der Waals surface area (Å²) >= 11 is 5.87. The lowest BCUT2D eigenvalue weighted by Gasteiger charge is -2.27. The largest absolute Gasteiger partial charge is 0.378 e. The molecular weight excluding hydrogens is 416 g/mol. The van der Waals surface area contributed by atoms with Gasteiger partial charge in [-0.2, -0.15) is 0 Å². The lowest BCUT2D eigenvalue weighted by atomic mass is 10.2. The number of carbonyl (C=O) groups excluding carboxylic acids is 2. The highest BCUT2D eigenvalue weighted by molar-refractivity contribution is 6.30. The van der Waals surface area contributed by atoms with Crippen molar-refractivity contribution in [1.82, 2.24) is 19.8 Å². The number of halogens is 1. The van der Waals surface area contributed by atoms with Crippen molar-refractivity contribution >= 4 is 34.4 Å². The number of rotatable bonds is 7. The van der Waals surface area contributed by atoms with E-state index >= 15 is 0 Å². The molecule has 162 valence electrons. The van der Waals surface area contributed by atoms with Gasteiger partial charge in [0.15, 0.2) is 0 Å². The number of carbonyl (C=O) groups is 2. The van der Waals surface area contributed by atoms with Crippen LogP contribution in [0.3, 0.4) is 0 Å². The first kappa shape index (κ1) is 21.3. The van der Waals surface area contributed by atoms with E-state index in [1.165, 1.54) is 0 Å². The van der Waals surface area contributed by atoms with Crippen LogP contribution < -0.4 is 5.32 Å². The van der Waals surface area contributed by atoms with E-state index in [4.69, 9.17) is 21.3 Å². The number of ether oxygens (including phenoxy) is 1. The fourth-order valence-electron chi connectivity index (χ4n) is 3.69. The first-order valence-electron chi connectivity index (χ1n) is 10.5. The molecule has 1 N–H and O–H groups in total. The van der Waals surface area contributed by atoms with Crippen LogP contribution in [0.1, 0.15) is 22.6 Å². The summed E-state index contributed by atoms with van der Waals surface area (Å²) < 4.78 is 7.34. The van der Waals surface area contributed by atoms with Crippen LogP contribution in [-0.2, 0) is 22.5 Å². The van der Waals surface area contributed by atoms with E-state index in [1.807, 2.05) is 33.7 Å². The number of hydrogen-bond donors (Lipinski definition) is 1. The summed E-state index contributed by atoms with van der Waals surface area (Å²) in [7, 11) is 0. The van der Waals surface area contributed by atoms with Crippen molar-refractivity contribution in [3.63, 3.8) is 0 Å². The number of hydrogen-bond acceptors (Lipinski definition) is 4. The molecule has 4 rings (SSSR count). The third-order valence-electron chi connectivity index (χ3n) is 5.36. The first-order chi connectivity index (χ1) is 15.1. The molecule has 2 amide bonds. The maximum atomic E-state index is 12.8. The van der Waals surface area contributed by atoms with Gasteiger partial charge < -0.3 is 19.5 Å². The second-order valence-electron chi connectivity index (χ2n) is 7.46. The van der Waals surface area contributed by atoms with Gasteiger partial charge in [0, 0.05) is 36.6 Å². The van der Waals surface area contributed by atoms with E-state index in [2.05, 4.69) is 5.32 Å². The molecule has 3 aromatic rings. The Bertz CT molecular complexity index is 1060. The van der Waals surface area contributed by atoms with Crippen LogP contribution in [0.5, 0.6) is 0 Å². The van der Waals surface area contributed by atoms with Crippen molar-refractivity contribution < 1.29 is 14.3 Å². The Morgan fingerprint density at radius 2 is 1.81 bits per heavy atom. The molecule has 0 aliphatic carbocycles. The number of aromatic nitrogens is 2. The molecule has 0 spiro atoms. The van der Waals surface area contributed by atoms with Crippen molar-refractivity contribution in [3.8, 4) is 0 Å². The Morgan fingerprint density at radius 1 is 1.06 bits per heavy atom. The Balaban J connectivity index is 1.39. The lowest BCUT2D eigenvalue weighted by molar-refractivity contribution is -0.135. The molecule has 1 aromatic heterocycles. The standard InChI is InChI=1S/C23H25ClN4O3/c24-18-9-7-17(8-10-18)23(30)25-11-3-6-21-26-19-4-1-2-5-20(19)28(21)16-22(29)27-12-14-31-15-13-27/h1-2,4-5,7-10H,3,6,11-16H2,(H,25,30). The molecule has 1 saturated heterocycles. The van der Waals surface area contributed by atoms with E-state index in [0.29, 0.717) is 56.3 Å². The van der Waals surface area contributed by atoms with Crippen LogP contribution in [0.4, 0.5) is 0 Å². The third-order valence-corrected chi connectivity index (χ3v) is 5.61. The number of morpholine rings is 1. The summed E-state index contributed by atoms with van der Waals surface area (Å²) in [6, 6.07) is 14.6. The normalized spacial score (nSPS) is 14.0. The molecule has 0 atom stereocenters. The number of para-hydroxylation sites is 2. The summed E-state index contributed by atoms with van der Waals surface area (Å²) in [5.41, 5.74) is 2.40. The Kier molecular flexibility index (Phi) is 6.84. The molecule has 7 nitrogen and oxygen atoms in total. The SMILES string of the molecule is O=C(NCCCc1nc2ccccc2n1CC(=O)N1CCOCC1)c1ccc(Cl)cc1. The van der Waals surface area contributed by atoms with Crippen molar-refractivity contribution in [3.05, 3.63) is 64.9 Å². The van der Waals surface area contributed by atoms with E-state index in [0.717, 1.165) is 16.9 Å². The number of benzene rings is 2. The van der Waals surface area contributed by atoms with Crippen LogP contribution in [0.2, 0.25) is 5.02 Å². The Hall–Kier alpha value is -2.90. The highest BCUT2D eigenvalue weighted by atomic mass is 35.5. The average Bonchev–Trinajstić information content (AvgIpc) is 3.15. The van der Waals surface area contributed by atoms with Gasteiger partial charge in [0.2, 0.25) is 5.91 Å². The maximum Gasteiger partial charge on any atom is 0.251 e. The minimum atomic E-state index is -0.132. The molecule has 2 heterocycles. The molecule has 0 radical (unpaired) electrons. The fourth-order valence-corrected chi connectivity index (χ4v) is 3.82. The monoisotopic (exact) mass is 440 g/mol. The maximum absolute atomic E-state index is 12.8. The summed E-state index contributed by atoms with van der Waals surface area (Å²) in [6.07, 6.45) is 1.38. The van der Waals surface area contributed by atoms with Crippen molar-refractivity contribution in [2.24, 2.45) is 0 Å². The molecule has 0 unspecified atom stereocenters. The molecule has 1 fully saturated rings. The van der Waals surface area contributed by atoms with Crippen LogP contribution in [0.15, 0.2) is 48.5 Å². The minimum absolute atomic E-state index is 0.0729. The second-order valence-corrected chi connectivity index (χ2v) is 7.90. The summed E-state index contributed by atoms with van der Waals surface area (Å²) in [5.74, 6) is 0.792. The van der Waals surface area contributed by atoms with Crippen LogP contribution in [-0.4, -0.2) is 59.1 Å². The fraction of sp³-hybridized carbons (Fsp3) is 0.348. The number of nitrogens with one attached hydrogen (secondary N) is 1. The molecule has 1 aliphatic heterocycles. The molecule has 0 bridgehead atoms. The highest BCUT2D eigenvalue weighted by Gasteiger charge is 2.20. The third kappa shape index (κ3) is 5.24. The quantitative estimate of drug-likeness (QED) is 0.573. The van der Waals surface area contributed by atoms with E-state index in [-0.39, 0.29) is 18.4 Å². The predicted octanol–water partition coefficient (Wildman–Crippen LogP) is 2.91. The van der Waals surface area contributed by atoms with Crippen LogP contribution >= 0.6 is 11.6 Å². The molecule has 31 heavy (non-hydrogen) atoms. The minimum Gasteiger partial charge on any atom is -0.378 e. The van der Waals surface area contributed by atoms with Gasteiger partial charge in [-0.3, -0.25) is 9.59 Å². The van der Waals surface area contributed by atoms with Gasteiger partial charge in [-0.05, 0) is 42.8 Å². The summed E-state index contributed by atoms with van der Waals surface area (Å²) in [6.45, 7) is 3.18. The van der Waals surface area contributed by atoms with Crippen LogP contribution in [0.25, 0.3) is 11.0 Å². The average molecular weight is 441 g/mol. The van der Waals surface area contributed by atoms with Gasteiger partial charge in [0.05, 0.1) is 24.2 Å². The van der Waals surface area contributed by atoms with Gasteiger partial charge >= 0.3 is 0 Å². The van der Waals surface area contributed by atoms with E-state index in [1.54, 1.807) is 24.3 Å². The van der Waals surface area contributed by atoms with Crippen LogP contribution in [0, 0.1) is 0 Å². The van der Waals surface area contributed by atoms with Crippen molar-refractivity contribution in [1.29, 1.82) is 0 Å². The van der Waals surface area contributed by atoms with Gasteiger partial charge in [0.25, 0.3) is 5.91 Å². The molecular formula is C23H25ClN4O3. The van der Waals surface area contributed by atoms with Gasteiger partial charge in [0.1, 0.15) is 12.4 Å². The second kappa shape index (κ2) is 9.94. The molecule has 1 aliphatic rings. The number of aryl methyl sites for hydroxylation is 1. The van der Waals surface area contributed by atoms with Gasteiger partial charge in [-0.15, -0.1) is 0 Å². The highest BCUT2D eigenvalue weighted by Crippen LogP contribution is 2.18. The molecule has 2 aromatic carbocycles. The van der Waals surface area contributed by atoms with Crippen molar-refractivity contribution in [2.45, 2.75) is 19.4 Å². The zero-order valence-corrected chi connectivity index (χ0v) is 18.0. The lowest BCUT2D eigenvalue weighted by Crippen LogP contribution is -2.42. The topological polar surface area (TPSA) is 76.5 Å². The predicted molar refractivity (Wildman–Crippen MR) is 119 cm³/mol. The number of nitrogens with zero attached hydrogens (tertiary/aromatic N) is 3. The Morgan fingerprint density at radius 3 is 2.58 bits per heavy atom. The number of amides is 2. The Labute approximate surface area is 186 Å². The molecule has 0 saturated carbocycles. The van der Waals surface area contributed by atoms with E-state index in [9.17, 15) is 9.59 Å². The zero-order valence-electron chi connectivity index (χ0n) is 17.2. The number of imidazole rings is 1. The van der Waals surface area contributed by atoms with E-state index < -0.39 is 0 Å². The zero-order chi connectivity index (χ0) is 21.6.